The van der Waals surface area contributed by atoms with Gasteiger partial charge in [-0.2, -0.15) is 0 Å². The zero-order valence-electron chi connectivity index (χ0n) is 13.5. The molecule has 1 aromatic carbocycles. The first-order chi connectivity index (χ1) is 10.6. The molecule has 1 heterocycles. The van der Waals surface area contributed by atoms with Gasteiger partial charge in [0.15, 0.2) is 0 Å². The van der Waals surface area contributed by atoms with Crippen molar-refractivity contribution in [1.29, 1.82) is 0 Å². The Labute approximate surface area is 134 Å². The van der Waals surface area contributed by atoms with Crippen LogP contribution in [0.1, 0.15) is 30.4 Å². The number of piperidine rings is 1. The molecule has 1 aliphatic carbocycles. The van der Waals surface area contributed by atoms with Gasteiger partial charge in [0, 0.05) is 26.1 Å². The predicted molar refractivity (Wildman–Crippen MR) is 91.9 cm³/mol. The lowest BCUT2D eigenvalue weighted by atomic mass is 9.84. The first kappa shape index (κ1) is 15.5. The van der Waals surface area contributed by atoms with Gasteiger partial charge in [0.05, 0.1) is 5.60 Å². The van der Waals surface area contributed by atoms with Gasteiger partial charge in [0.1, 0.15) is 0 Å². The van der Waals surface area contributed by atoms with E-state index in [4.69, 9.17) is 0 Å². The predicted octanol–water partition coefficient (Wildman–Crippen LogP) is 3.50. The molecular weight excluding hydrogens is 270 g/mol. The smallest absolute Gasteiger partial charge is 0.0712 e. The number of likely N-dealkylation sites (tertiary alicyclic amines) is 1. The molecule has 0 spiro atoms. The first-order valence-electron chi connectivity index (χ1n) is 8.47. The maximum Gasteiger partial charge on any atom is 0.0712 e. The minimum atomic E-state index is -0.520. The van der Waals surface area contributed by atoms with Gasteiger partial charge in [0.25, 0.3) is 0 Å². The molecule has 3 rings (SSSR count). The second kappa shape index (κ2) is 6.80. The number of allylic oxidation sites excluding steroid dienone is 3. The van der Waals surface area contributed by atoms with Gasteiger partial charge in [-0.05, 0) is 37.7 Å². The van der Waals surface area contributed by atoms with E-state index in [1.54, 1.807) is 0 Å². The van der Waals surface area contributed by atoms with Gasteiger partial charge in [-0.3, -0.25) is 0 Å². The van der Waals surface area contributed by atoms with E-state index in [0.29, 0.717) is 5.92 Å². The molecule has 0 saturated carbocycles. The highest BCUT2D eigenvalue weighted by Gasteiger charge is 2.32. The van der Waals surface area contributed by atoms with E-state index in [1.165, 1.54) is 11.1 Å². The number of aryl methyl sites for hydroxylation is 1. The number of hydrogen-bond donors (Lipinski definition) is 1. The molecule has 0 amide bonds. The highest BCUT2D eigenvalue weighted by atomic mass is 16.3. The number of rotatable bonds is 4. The average Bonchev–Trinajstić information content (AvgIpc) is 2.53. The van der Waals surface area contributed by atoms with Crippen molar-refractivity contribution in [2.75, 3.05) is 19.6 Å². The van der Waals surface area contributed by atoms with E-state index in [0.717, 1.165) is 45.3 Å². The number of nitrogens with zero attached hydrogens (tertiary/aromatic N) is 1. The fourth-order valence-corrected chi connectivity index (χ4v) is 3.51. The van der Waals surface area contributed by atoms with E-state index in [9.17, 15) is 5.11 Å². The molecule has 2 aliphatic rings. The van der Waals surface area contributed by atoms with Crippen LogP contribution in [0.5, 0.6) is 0 Å². The third kappa shape index (κ3) is 4.08. The molecule has 0 aromatic heterocycles. The van der Waals surface area contributed by atoms with Gasteiger partial charge in [0.2, 0.25) is 0 Å². The Morgan fingerprint density at radius 3 is 2.50 bits per heavy atom. The van der Waals surface area contributed by atoms with Crippen LogP contribution in [0.4, 0.5) is 0 Å². The standard InChI is InChI=1S/C20H27NO/c1-17-7-9-18(10-8-17)15-20(22)11-13-21(14-12-20)16-19-5-3-2-4-6-19/h2-5,7-10,19,22H,6,11-16H2,1H3. The Balaban J connectivity index is 1.50. The van der Waals surface area contributed by atoms with E-state index < -0.39 is 5.60 Å². The molecule has 0 bridgehead atoms. The summed E-state index contributed by atoms with van der Waals surface area (Å²) in [5.74, 6) is 0.647. The zero-order chi connectivity index (χ0) is 15.4. The molecule has 2 nitrogen and oxygen atoms in total. The average molecular weight is 297 g/mol. The molecular formula is C20H27NO. The van der Waals surface area contributed by atoms with Crippen LogP contribution in [0.3, 0.4) is 0 Å². The van der Waals surface area contributed by atoms with E-state index >= 15 is 0 Å². The third-order valence-corrected chi connectivity index (χ3v) is 5.00. The van der Waals surface area contributed by atoms with Gasteiger partial charge in [-0.1, -0.05) is 54.1 Å². The van der Waals surface area contributed by atoms with Crippen LogP contribution >= 0.6 is 0 Å². The summed E-state index contributed by atoms with van der Waals surface area (Å²) >= 11 is 0. The highest BCUT2D eigenvalue weighted by Crippen LogP contribution is 2.27. The number of aliphatic hydroxyl groups is 1. The first-order valence-corrected chi connectivity index (χ1v) is 8.47. The summed E-state index contributed by atoms with van der Waals surface area (Å²) in [4.78, 5) is 2.51. The van der Waals surface area contributed by atoms with Gasteiger partial charge < -0.3 is 10.0 Å². The lowest BCUT2D eigenvalue weighted by Crippen LogP contribution is -2.46. The molecule has 1 fully saturated rings. The van der Waals surface area contributed by atoms with Crippen LogP contribution < -0.4 is 0 Å². The van der Waals surface area contributed by atoms with Crippen molar-refractivity contribution in [2.24, 2.45) is 5.92 Å². The Bertz CT molecular complexity index is 535. The lowest BCUT2D eigenvalue weighted by Gasteiger charge is -2.39. The van der Waals surface area contributed by atoms with E-state index in [2.05, 4.69) is 60.4 Å². The normalized spacial score (nSPS) is 24.5. The van der Waals surface area contributed by atoms with Crippen molar-refractivity contribution < 1.29 is 5.11 Å². The Hall–Kier alpha value is -1.38. The summed E-state index contributed by atoms with van der Waals surface area (Å²) in [6.45, 7) is 5.25. The van der Waals surface area contributed by atoms with E-state index in [-0.39, 0.29) is 0 Å². The summed E-state index contributed by atoms with van der Waals surface area (Å²) < 4.78 is 0. The van der Waals surface area contributed by atoms with Crippen molar-refractivity contribution in [3.05, 3.63) is 59.7 Å². The fraction of sp³-hybridized carbons (Fsp3) is 0.500. The fourth-order valence-electron chi connectivity index (χ4n) is 3.51. The second-order valence-corrected chi connectivity index (χ2v) is 7.00. The lowest BCUT2D eigenvalue weighted by molar-refractivity contribution is -0.0224. The summed E-state index contributed by atoms with van der Waals surface area (Å²) in [5.41, 5.74) is 2.01. The molecule has 0 radical (unpaired) electrons. The summed E-state index contributed by atoms with van der Waals surface area (Å²) in [5, 5.41) is 10.9. The molecule has 118 valence electrons. The minimum Gasteiger partial charge on any atom is -0.389 e. The van der Waals surface area contributed by atoms with Crippen molar-refractivity contribution in [2.45, 2.75) is 38.2 Å². The molecule has 1 saturated heterocycles. The highest BCUT2D eigenvalue weighted by molar-refractivity contribution is 5.23. The van der Waals surface area contributed by atoms with Crippen molar-refractivity contribution in [3.8, 4) is 0 Å². The number of benzene rings is 1. The van der Waals surface area contributed by atoms with Crippen molar-refractivity contribution >= 4 is 0 Å². The Kier molecular flexibility index (Phi) is 4.80. The van der Waals surface area contributed by atoms with Crippen LogP contribution in [-0.4, -0.2) is 35.2 Å². The quantitative estimate of drug-likeness (QED) is 0.919. The van der Waals surface area contributed by atoms with Crippen LogP contribution in [0.15, 0.2) is 48.6 Å². The van der Waals surface area contributed by atoms with Crippen LogP contribution in [0, 0.1) is 12.8 Å². The largest absolute Gasteiger partial charge is 0.389 e. The van der Waals surface area contributed by atoms with Crippen molar-refractivity contribution in [1.82, 2.24) is 4.90 Å². The summed E-state index contributed by atoms with van der Waals surface area (Å²) in [6, 6.07) is 8.57. The van der Waals surface area contributed by atoms with Crippen LogP contribution in [0.2, 0.25) is 0 Å². The maximum atomic E-state index is 10.9. The number of hydrogen-bond acceptors (Lipinski definition) is 2. The van der Waals surface area contributed by atoms with Gasteiger partial charge in [-0.25, -0.2) is 0 Å². The molecule has 2 heteroatoms. The maximum absolute atomic E-state index is 10.9. The summed E-state index contributed by atoms with van der Waals surface area (Å²) in [6.07, 6.45) is 12.6. The van der Waals surface area contributed by atoms with Crippen LogP contribution in [0.25, 0.3) is 0 Å². The van der Waals surface area contributed by atoms with Gasteiger partial charge >= 0.3 is 0 Å². The monoisotopic (exact) mass is 297 g/mol. The third-order valence-electron chi connectivity index (χ3n) is 5.00. The minimum absolute atomic E-state index is 0.520. The Morgan fingerprint density at radius 1 is 1.14 bits per heavy atom. The van der Waals surface area contributed by atoms with Crippen LogP contribution in [-0.2, 0) is 6.42 Å². The molecule has 1 aromatic rings. The zero-order valence-corrected chi connectivity index (χ0v) is 13.5. The van der Waals surface area contributed by atoms with E-state index in [1.807, 2.05) is 0 Å². The molecule has 22 heavy (non-hydrogen) atoms. The van der Waals surface area contributed by atoms with Gasteiger partial charge in [-0.15, -0.1) is 0 Å². The SMILES string of the molecule is Cc1ccc(CC2(O)CCN(CC3C=CC=CC3)CC2)cc1. The second-order valence-electron chi connectivity index (χ2n) is 7.00. The molecule has 1 aliphatic heterocycles. The summed E-state index contributed by atoms with van der Waals surface area (Å²) in [7, 11) is 0. The molecule has 1 N–H and O–H groups in total. The topological polar surface area (TPSA) is 23.5 Å². The molecule has 1 unspecified atom stereocenters. The van der Waals surface area contributed by atoms with Crippen molar-refractivity contribution in [3.63, 3.8) is 0 Å². The molecule has 1 atom stereocenters. The Morgan fingerprint density at radius 2 is 1.86 bits per heavy atom.